The van der Waals surface area contributed by atoms with Crippen molar-refractivity contribution in [3.63, 3.8) is 0 Å². The molecule has 0 bridgehead atoms. The summed E-state index contributed by atoms with van der Waals surface area (Å²) < 4.78 is 5.21. The first-order chi connectivity index (χ1) is 6.36. The lowest BCUT2D eigenvalue weighted by atomic mass is 10.2. The summed E-state index contributed by atoms with van der Waals surface area (Å²) in [6.45, 7) is 0. The lowest BCUT2D eigenvalue weighted by Gasteiger charge is -2.24. The molecule has 2 nitrogen and oxygen atoms in total. The second-order valence-corrected chi connectivity index (χ2v) is 4.01. The number of carbonyl (C=O) groups is 1. The largest absolute Gasteiger partial charge is 0.457 e. The SMILES string of the molecule is O=C(OC1CSC1)c1ccccc1. The number of rotatable bonds is 2. The zero-order chi connectivity index (χ0) is 9.10. The molecule has 1 aromatic rings. The van der Waals surface area contributed by atoms with Gasteiger partial charge in [0.05, 0.1) is 5.56 Å². The third-order valence-electron chi connectivity index (χ3n) is 1.89. The first-order valence-electron chi connectivity index (χ1n) is 4.20. The number of benzene rings is 1. The molecule has 13 heavy (non-hydrogen) atoms. The lowest BCUT2D eigenvalue weighted by Crippen LogP contribution is -2.30. The van der Waals surface area contributed by atoms with Gasteiger partial charge in [0, 0.05) is 11.5 Å². The van der Waals surface area contributed by atoms with E-state index >= 15 is 0 Å². The molecule has 1 aliphatic rings. The zero-order valence-electron chi connectivity index (χ0n) is 7.10. The second-order valence-electron chi connectivity index (χ2n) is 2.93. The maximum atomic E-state index is 11.4. The minimum Gasteiger partial charge on any atom is -0.457 e. The fourth-order valence-electron chi connectivity index (χ4n) is 1.08. The monoisotopic (exact) mass is 194 g/mol. The quantitative estimate of drug-likeness (QED) is 0.673. The van der Waals surface area contributed by atoms with E-state index in [0.29, 0.717) is 5.56 Å². The molecule has 1 aromatic carbocycles. The van der Waals surface area contributed by atoms with Gasteiger partial charge in [-0.25, -0.2) is 4.79 Å². The van der Waals surface area contributed by atoms with Gasteiger partial charge >= 0.3 is 5.97 Å². The van der Waals surface area contributed by atoms with Crippen LogP contribution in [0.1, 0.15) is 10.4 Å². The van der Waals surface area contributed by atoms with Crippen LogP contribution in [-0.2, 0) is 4.74 Å². The Labute approximate surface area is 81.3 Å². The molecule has 0 atom stereocenters. The van der Waals surface area contributed by atoms with Crippen LogP contribution in [0.25, 0.3) is 0 Å². The molecule has 0 unspecified atom stereocenters. The summed E-state index contributed by atoms with van der Waals surface area (Å²) in [6.07, 6.45) is 0.137. The van der Waals surface area contributed by atoms with E-state index in [4.69, 9.17) is 4.74 Å². The number of esters is 1. The van der Waals surface area contributed by atoms with E-state index in [1.165, 1.54) is 0 Å². The van der Waals surface area contributed by atoms with Crippen molar-refractivity contribution < 1.29 is 9.53 Å². The predicted molar refractivity (Wildman–Crippen MR) is 53.0 cm³/mol. The second kappa shape index (κ2) is 3.83. The fraction of sp³-hybridized carbons (Fsp3) is 0.300. The Morgan fingerprint density at radius 1 is 1.31 bits per heavy atom. The molecule has 1 saturated heterocycles. The van der Waals surface area contributed by atoms with Crippen molar-refractivity contribution in [1.82, 2.24) is 0 Å². The third-order valence-corrected chi connectivity index (χ3v) is 3.11. The van der Waals surface area contributed by atoms with Crippen molar-refractivity contribution in [2.24, 2.45) is 0 Å². The summed E-state index contributed by atoms with van der Waals surface area (Å²) in [6, 6.07) is 9.11. The van der Waals surface area contributed by atoms with Crippen LogP contribution in [0.2, 0.25) is 0 Å². The Hall–Kier alpha value is -0.960. The molecule has 1 heterocycles. The van der Waals surface area contributed by atoms with Crippen LogP contribution in [0, 0.1) is 0 Å². The van der Waals surface area contributed by atoms with Gasteiger partial charge in [-0.3, -0.25) is 0 Å². The Kier molecular flexibility index (Phi) is 2.54. The fourth-order valence-corrected chi connectivity index (χ4v) is 1.64. The average molecular weight is 194 g/mol. The molecule has 3 heteroatoms. The van der Waals surface area contributed by atoms with Crippen LogP contribution >= 0.6 is 11.8 Å². The van der Waals surface area contributed by atoms with Crippen LogP contribution in [0.3, 0.4) is 0 Å². The molecule has 0 aromatic heterocycles. The van der Waals surface area contributed by atoms with E-state index < -0.39 is 0 Å². The molecule has 2 rings (SSSR count). The molecule has 1 fully saturated rings. The van der Waals surface area contributed by atoms with Crippen molar-refractivity contribution >= 4 is 17.7 Å². The summed E-state index contributed by atoms with van der Waals surface area (Å²) >= 11 is 1.81. The molecule has 0 amide bonds. The summed E-state index contributed by atoms with van der Waals surface area (Å²) in [4.78, 5) is 11.4. The smallest absolute Gasteiger partial charge is 0.338 e. The molecule has 1 aliphatic heterocycles. The van der Waals surface area contributed by atoms with E-state index in [9.17, 15) is 4.79 Å². The van der Waals surface area contributed by atoms with Gasteiger partial charge in [0.2, 0.25) is 0 Å². The highest BCUT2D eigenvalue weighted by Gasteiger charge is 2.22. The van der Waals surface area contributed by atoms with Crippen LogP contribution in [-0.4, -0.2) is 23.6 Å². The number of hydrogen-bond donors (Lipinski definition) is 0. The van der Waals surface area contributed by atoms with E-state index in [1.54, 1.807) is 23.9 Å². The predicted octanol–water partition coefficient (Wildman–Crippen LogP) is 1.96. The van der Waals surface area contributed by atoms with Crippen molar-refractivity contribution in [1.29, 1.82) is 0 Å². The Morgan fingerprint density at radius 3 is 2.54 bits per heavy atom. The number of carbonyl (C=O) groups excluding carboxylic acids is 1. The standard InChI is InChI=1S/C10H10O2S/c11-10(12-9-6-13-7-9)8-4-2-1-3-5-8/h1-5,9H,6-7H2. The molecular weight excluding hydrogens is 184 g/mol. The van der Waals surface area contributed by atoms with E-state index in [0.717, 1.165) is 11.5 Å². The highest BCUT2D eigenvalue weighted by Crippen LogP contribution is 2.21. The molecule has 0 aliphatic carbocycles. The van der Waals surface area contributed by atoms with Crippen LogP contribution < -0.4 is 0 Å². The van der Waals surface area contributed by atoms with Gasteiger partial charge in [0.25, 0.3) is 0 Å². The van der Waals surface area contributed by atoms with Gasteiger partial charge in [0.15, 0.2) is 0 Å². The minimum atomic E-state index is -0.203. The number of hydrogen-bond acceptors (Lipinski definition) is 3. The maximum Gasteiger partial charge on any atom is 0.338 e. The molecule has 0 saturated carbocycles. The normalized spacial score (nSPS) is 16.3. The van der Waals surface area contributed by atoms with Crippen molar-refractivity contribution in [3.05, 3.63) is 35.9 Å². The summed E-state index contributed by atoms with van der Waals surface area (Å²) in [5.74, 6) is 1.68. The van der Waals surface area contributed by atoms with Crippen LogP contribution in [0.15, 0.2) is 30.3 Å². The molecule has 68 valence electrons. The van der Waals surface area contributed by atoms with Crippen molar-refractivity contribution in [2.75, 3.05) is 11.5 Å². The van der Waals surface area contributed by atoms with E-state index in [2.05, 4.69) is 0 Å². The molecule has 0 N–H and O–H groups in total. The Bertz CT molecular complexity index is 293. The van der Waals surface area contributed by atoms with E-state index in [1.807, 2.05) is 18.2 Å². The van der Waals surface area contributed by atoms with E-state index in [-0.39, 0.29) is 12.1 Å². The Balaban J connectivity index is 1.97. The van der Waals surface area contributed by atoms with Gasteiger partial charge in [-0.2, -0.15) is 11.8 Å². The third kappa shape index (κ3) is 2.04. The first kappa shape index (κ1) is 8.63. The topological polar surface area (TPSA) is 26.3 Å². The highest BCUT2D eigenvalue weighted by molar-refractivity contribution is 8.00. The van der Waals surface area contributed by atoms with Crippen LogP contribution in [0.5, 0.6) is 0 Å². The molecule has 0 radical (unpaired) electrons. The first-order valence-corrected chi connectivity index (χ1v) is 5.35. The van der Waals surface area contributed by atoms with Gasteiger partial charge in [0.1, 0.15) is 6.10 Å². The molecular formula is C10H10O2S. The van der Waals surface area contributed by atoms with Crippen LogP contribution in [0.4, 0.5) is 0 Å². The number of thioether (sulfide) groups is 1. The van der Waals surface area contributed by atoms with Gasteiger partial charge in [-0.1, -0.05) is 18.2 Å². The van der Waals surface area contributed by atoms with Gasteiger partial charge in [-0.05, 0) is 12.1 Å². The lowest BCUT2D eigenvalue weighted by molar-refractivity contribution is 0.0375. The summed E-state index contributed by atoms with van der Waals surface area (Å²) in [7, 11) is 0. The summed E-state index contributed by atoms with van der Waals surface area (Å²) in [5, 5.41) is 0. The summed E-state index contributed by atoms with van der Waals surface area (Å²) in [5.41, 5.74) is 0.638. The highest BCUT2D eigenvalue weighted by atomic mass is 32.2. The maximum absolute atomic E-state index is 11.4. The van der Waals surface area contributed by atoms with Gasteiger partial charge in [-0.15, -0.1) is 0 Å². The average Bonchev–Trinajstić information content (AvgIpc) is 2.12. The Morgan fingerprint density at radius 2 is 2.00 bits per heavy atom. The minimum absolute atomic E-state index is 0.137. The molecule has 0 spiro atoms. The zero-order valence-corrected chi connectivity index (χ0v) is 7.92. The van der Waals surface area contributed by atoms with Crippen molar-refractivity contribution in [3.8, 4) is 0 Å². The van der Waals surface area contributed by atoms with Crippen molar-refractivity contribution in [2.45, 2.75) is 6.10 Å². The van der Waals surface area contributed by atoms with Gasteiger partial charge < -0.3 is 4.74 Å². The number of ether oxygens (including phenoxy) is 1.